The molecule has 0 spiro atoms. The molecule has 1 aliphatic heterocycles. The van der Waals surface area contributed by atoms with Gasteiger partial charge < -0.3 is 5.32 Å². The lowest BCUT2D eigenvalue weighted by Gasteiger charge is -2.26. The lowest BCUT2D eigenvalue weighted by molar-refractivity contribution is -0.142. The summed E-state index contributed by atoms with van der Waals surface area (Å²) in [7, 11) is 0. The maximum atomic E-state index is 11.3. The molecule has 0 aromatic carbocycles. The van der Waals surface area contributed by atoms with Crippen LogP contribution < -0.4 is 10.6 Å². The molecule has 2 N–H and O–H groups in total. The van der Waals surface area contributed by atoms with Gasteiger partial charge in [0.1, 0.15) is 5.92 Å². The van der Waals surface area contributed by atoms with E-state index in [2.05, 4.69) is 5.32 Å². The lowest BCUT2D eigenvalue weighted by atomic mass is 9.88. The van der Waals surface area contributed by atoms with Crippen LogP contribution in [0.5, 0.6) is 0 Å². The average molecular weight is 194 g/mol. The van der Waals surface area contributed by atoms with Crippen LogP contribution in [0, 0.1) is 5.92 Å². The van der Waals surface area contributed by atoms with Crippen LogP contribution in [-0.2, 0) is 14.4 Å². The lowest BCUT2D eigenvalue weighted by Crippen LogP contribution is -2.55. The van der Waals surface area contributed by atoms with Gasteiger partial charge in [-0.15, -0.1) is 0 Å². The van der Waals surface area contributed by atoms with E-state index in [1.807, 2.05) is 5.32 Å². The summed E-state index contributed by atoms with van der Waals surface area (Å²) in [5.41, 5.74) is 0.211. The molecule has 0 bridgehead atoms. The number of hydrogen-bond acceptors (Lipinski definition) is 4. The number of ketones is 2. The summed E-state index contributed by atoms with van der Waals surface area (Å²) in [4.78, 5) is 44.3. The van der Waals surface area contributed by atoms with Gasteiger partial charge in [0.2, 0.25) is 17.5 Å². The van der Waals surface area contributed by atoms with Crippen molar-refractivity contribution in [2.75, 3.05) is 0 Å². The molecule has 0 radical (unpaired) electrons. The molecule has 6 nitrogen and oxygen atoms in total. The third-order valence-corrected chi connectivity index (χ3v) is 2.11. The number of amides is 3. The highest BCUT2D eigenvalue weighted by molar-refractivity contribution is 6.44. The zero-order valence-electron chi connectivity index (χ0n) is 6.99. The highest BCUT2D eigenvalue weighted by Crippen LogP contribution is 2.20. The second-order valence-corrected chi connectivity index (χ2v) is 3.03. The Kier molecular flexibility index (Phi) is 1.70. The number of carbonyl (C=O) groups excluding carboxylic acids is 4. The number of urea groups is 1. The number of nitrogens with one attached hydrogen (secondary N) is 2. The number of allylic oxidation sites excluding steroid dienone is 1. The minimum atomic E-state index is -1.16. The van der Waals surface area contributed by atoms with Gasteiger partial charge in [-0.1, -0.05) is 6.08 Å². The Morgan fingerprint density at radius 3 is 2.57 bits per heavy atom. The zero-order chi connectivity index (χ0) is 10.3. The molecule has 1 fully saturated rings. The van der Waals surface area contributed by atoms with Crippen molar-refractivity contribution in [1.82, 2.24) is 10.6 Å². The van der Waals surface area contributed by atoms with Crippen molar-refractivity contribution in [3.05, 3.63) is 11.8 Å². The van der Waals surface area contributed by atoms with E-state index in [0.717, 1.165) is 0 Å². The van der Waals surface area contributed by atoms with Gasteiger partial charge in [-0.3, -0.25) is 19.7 Å². The summed E-state index contributed by atoms with van der Waals surface area (Å²) in [5.74, 6) is -3.27. The quantitative estimate of drug-likeness (QED) is 0.377. The molecule has 2 rings (SSSR count). The van der Waals surface area contributed by atoms with Gasteiger partial charge in [0.25, 0.3) is 0 Å². The highest BCUT2D eigenvalue weighted by atomic mass is 16.2. The Bertz CT molecular complexity index is 396. The first-order valence-electron chi connectivity index (χ1n) is 3.98. The predicted molar refractivity (Wildman–Crippen MR) is 42.9 cm³/mol. The predicted octanol–water partition coefficient (Wildman–Crippen LogP) is -1.13. The van der Waals surface area contributed by atoms with E-state index in [1.165, 1.54) is 6.08 Å². The van der Waals surface area contributed by atoms with Crippen LogP contribution in [0.15, 0.2) is 11.8 Å². The SMILES string of the molecule is O=C1NC(=O)C2C(=O)C(=O)CC=C2N1. The van der Waals surface area contributed by atoms with E-state index in [9.17, 15) is 19.2 Å². The monoisotopic (exact) mass is 194 g/mol. The molecule has 1 atom stereocenters. The third kappa shape index (κ3) is 1.12. The molecule has 2 aliphatic rings. The summed E-state index contributed by atoms with van der Waals surface area (Å²) in [6, 6.07) is -0.667. The van der Waals surface area contributed by atoms with E-state index in [-0.39, 0.29) is 12.1 Å². The molecule has 0 aromatic heterocycles. The molecule has 72 valence electrons. The third-order valence-electron chi connectivity index (χ3n) is 2.11. The first-order chi connectivity index (χ1) is 6.59. The van der Waals surface area contributed by atoms with E-state index in [0.29, 0.717) is 0 Å². The fraction of sp³-hybridized carbons (Fsp3) is 0.250. The fourth-order valence-electron chi connectivity index (χ4n) is 1.45. The van der Waals surface area contributed by atoms with Crippen molar-refractivity contribution >= 4 is 23.5 Å². The van der Waals surface area contributed by atoms with Crippen molar-refractivity contribution in [3.8, 4) is 0 Å². The molecule has 0 saturated carbocycles. The second-order valence-electron chi connectivity index (χ2n) is 3.03. The van der Waals surface area contributed by atoms with Crippen LogP contribution in [0.25, 0.3) is 0 Å². The van der Waals surface area contributed by atoms with E-state index in [4.69, 9.17) is 0 Å². The summed E-state index contributed by atoms with van der Waals surface area (Å²) in [5, 5.41) is 4.24. The van der Waals surface area contributed by atoms with Crippen LogP contribution in [0.1, 0.15) is 6.42 Å². The first-order valence-corrected chi connectivity index (χ1v) is 3.98. The van der Waals surface area contributed by atoms with Crippen molar-refractivity contribution in [3.63, 3.8) is 0 Å². The Morgan fingerprint density at radius 2 is 1.86 bits per heavy atom. The van der Waals surface area contributed by atoms with E-state index < -0.39 is 29.4 Å². The Labute approximate surface area is 78.3 Å². The number of hydrogen-bond donors (Lipinski definition) is 2. The van der Waals surface area contributed by atoms with Gasteiger partial charge in [0.15, 0.2) is 0 Å². The molecule has 14 heavy (non-hydrogen) atoms. The van der Waals surface area contributed by atoms with Gasteiger partial charge in [0, 0.05) is 12.1 Å². The maximum absolute atomic E-state index is 11.3. The fourth-order valence-corrected chi connectivity index (χ4v) is 1.45. The van der Waals surface area contributed by atoms with E-state index in [1.54, 1.807) is 0 Å². The highest BCUT2D eigenvalue weighted by Gasteiger charge is 2.41. The number of imide groups is 1. The van der Waals surface area contributed by atoms with Crippen LogP contribution in [0.4, 0.5) is 4.79 Å². The topological polar surface area (TPSA) is 92.3 Å². The van der Waals surface area contributed by atoms with Crippen molar-refractivity contribution in [2.24, 2.45) is 5.92 Å². The van der Waals surface area contributed by atoms with Crippen molar-refractivity contribution in [1.29, 1.82) is 0 Å². The molecule has 1 saturated heterocycles. The van der Waals surface area contributed by atoms with Crippen LogP contribution in [0.3, 0.4) is 0 Å². The molecule has 3 amide bonds. The summed E-state index contributed by atoms with van der Waals surface area (Å²) >= 11 is 0. The average Bonchev–Trinajstić information content (AvgIpc) is 2.10. The van der Waals surface area contributed by atoms with Crippen molar-refractivity contribution in [2.45, 2.75) is 6.42 Å². The molecular weight excluding hydrogens is 188 g/mol. The minimum absolute atomic E-state index is 0.0573. The minimum Gasteiger partial charge on any atom is -0.310 e. The smallest absolute Gasteiger partial charge is 0.310 e. The molecule has 1 aliphatic carbocycles. The van der Waals surface area contributed by atoms with Crippen LogP contribution >= 0.6 is 0 Å². The van der Waals surface area contributed by atoms with Gasteiger partial charge in [-0.2, -0.15) is 0 Å². The Hall–Kier alpha value is -1.98. The summed E-state index contributed by atoms with van der Waals surface area (Å²) < 4.78 is 0. The molecule has 6 heteroatoms. The number of Topliss-reactive ketones (excluding diaryl/α,β-unsaturated/α-hetero) is 2. The number of carbonyl (C=O) groups is 4. The maximum Gasteiger partial charge on any atom is 0.325 e. The van der Waals surface area contributed by atoms with Crippen LogP contribution in [-0.4, -0.2) is 23.5 Å². The van der Waals surface area contributed by atoms with Crippen molar-refractivity contribution < 1.29 is 19.2 Å². The largest absolute Gasteiger partial charge is 0.325 e. The Morgan fingerprint density at radius 1 is 1.14 bits per heavy atom. The number of fused-ring (bicyclic) bond motifs is 1. The molecular formula is C8H6N2O4. The summed E-state index contributed by atoms with van der Waals surface area (Å²) in [6.45, 7) is 0. The van der Waals surface area contributed by atoms with Crippen LogP contribution in [0.2, 0.25) is 0 Å². The number of rotatable bonds is 0. The summed E-state index contributed by atoms with van der Waals surface area (Å²) in [6.07, 6.45) is 1.34. The van der Waals surface area contributed by atoms with Gasteiger partial charge in [0.05, 0.1) is 0 Å². The van der Waals surface area contributed by atoms with Gasteiger partial charge in [-0.05, 0) is 0 Å². The zero-order valence-corrected chi connectivity index (χ0v) is 6.99. The van der Waals surface area contributed by atoms with Gasteiger partial charge in [-0.25, -0.2) is 4.79 Å². The standard InChI is InChI=1S/C8H6N2O4/c11-4-2-1-3-5(6(4)12)7(13)10-8(14)9-3/h1,5H,2H2,(H2,9,10,13,14). The molecule has 0 aromatic rings. The Balaban J connectivity index is 2.41. The van der Waals surface area contributed by atoms with Gasteiger partial charge >= 0.3 is 6.03 Å². The first kappa shape index (κ1) is 8.61. The molecule has 1 unspecified atom stereocenters. The normalized spacial score (nSPS) is 26.3. The molecule has 1 heterocycles. The van der Waals surface area contributed by atoms with E-state index >= 15 is 0 Å². The second kappa shape index (κ2) is 2.76.